The van der Waals surface area contributed by atoms with Crippen molar-refractivity contribution in [1.29, 1.82) is 0 Å². The fourth-order valence-corrected chi connectivity index (χ4v) is 1.79. The lowest BCUT2D eigenvalue weighted by molar-refractivity contribution is -0.139. The standard InChI is InChI=1S/C14H14N2O6/c1-2-21-11-6-8(3-4-10(11)22-7-12(17)18)5-9-13(19)16-14(20)15-9/h3-6H,2,7H2,1H3,(H,17,18)(H2,15,16,19,20). The number of amides is 3. The van der Waals surface area contributed by atoms with Crippen molar-refractivity contribution in [1.82, 2.24) is 10.6 Å². The number of benzene rings is 1. The van der Waals surface area contributed by atoms with Crippen molar-refractivity contribution in [3.63, 3.8) is 0 Å². The molecule has 0 aromatic heterocycles. The summed E-state index contributed by atoms with van der Waals surface area (Å²) in [5, 5.41) is 13.1. The lowest BCUT2D eigenvalue weighted by atomic mass is 10.1. The van der Waals surface area contributed by atoms with E-state index in [1.807, 2.05) is 0 Å². The van der Waals surface area contributed by atoms with Crippen LogP contribution in [0.15, 0.2) is 23.9 Å². The zero-order valence-electron chi connectivity index (χ0n) is 11.7. The van der Waals surface area contributed by atoms with Crippen molar-refractivity contribution in [3.8, 4) is 11.5 Å². The van der Waals surface area contributed by atoms with Crippen LogP contribution in [0.2, 0.25) is 0 Å². The van der Waals surface area contributed by atoms with Gasteiger partial charge < -0.3 is 19.9 Å². The summed E-state index contributed by atoms with van der Waals surface area (Å²) in [6.45, 7) is 1.65. The second kappa shape index (κ2) is 6.61. The van der Waals surface area contributed by atoms with Crippen LogP contribution in [0.25, 0.3) is 6.08 Å². The van der Waals surface area contributed by atoms with Crippen LogP contribution in [0.5, 0.6) is 11.5 Å². The summed E-state index contributed by atoms with van der Waals surface area (Å²) in [6, 6.07) is 4.16. The highest BCUT2D eigenvalue weighted by atomic mass is 16.5. The van der Waals surface area contributed by atoms with E-state index in [2.05, 4.69) is 10.6 Å². The lowest BCUT2D eigenvalue weighted by Gasteiger charge is -2.11. The van der Waals surface area contributed by atoms with Crippen LogP contribution < -0.4 is 20.1 Å². The molecule has 0 radical (unpaired) electrons. The lowest BCUT2D eigenvalue weighted by Crippen LogP contribution is -2.22. The molecule has 0 spiro atoms. The van der Waals surface area contributed by atoms with Gasteiger partial charge in [-0.25, -0.2) is 9.59 Å². The van der Waals surface area contributed by atoms with Crippen molar-refractivity contribution in [2.75, 3.05) is 13.2 Å². The number of ether oxygens (including phenoxy) is 2. The molecule has 116 valence electrons. The van der Waals surface area contributed by atoms with Crippen LogP contribution >= 0.6 is 0 Å². The number of carbonyl (C=O) groups excluding carboxylic acids is 2. The third kappa shape index (κ3) is 3.75. The average molecular weight is 306 g/mol. The quantitative estimate of drug-likeness (QED) is 0.527. The highest BCUT2D eigenvalue weighted by Crippen LogP contribution is 2.29. The van der Waals surface area contributed by atoms with Crippen molar-refractivity contribution in [2.24, 2.45) is 0 Å². The summed E-state index contributed by atoms with van der Waals surface area (Å²) in [5.74, 6) is -0.984. The van der Waals surface area contributed by atoms with Crippen LogP contribution in [-0.4, -0.2) is 36.2 Å². The Balaban J connectivity index is 2.25. The highest BCUT2D eigenvalue weighted by molar-refractivity contribution is 6.14. The summed E-state index contributed by atoms with van der Waals surface area (Å²) in [7, 11) is 0. The minimum absolute atomic E-state index is 0.117. The van der Waals surface area contributed by atoms with E-state index in [9.17, 15) is 14.4 Å². The molecule has 0 saturated carbocycles. The molecule has 1 aliphatic rings. The van der Waals surface area contributed by atoms with E-state index in [1.165, 1.54) is 12.1 Å². The maximum absolute atomic E-state index is 11.5. The second-order valence-corrected chi connectivity index (χ2v) is 4.29. The molecule has 1 heterocycles. The van der Waals surface area contributed by atoms with Gasteiger partial charge in [-0.15, -0.1) is 0 Å². The number of aliphatic carboxylic acids is 1. The zero-order chi connectivity index (χ0) is 16.1. The maximum atomic E-state index is 11.5. The van der Waals surface area contributed by atoms with Gasteiger partial charge in [-0.2, -0.15) is 0 Å². The topological polar surface area (TPSA) is 114 Å². The summed E-state index contributed by atoms with van der Waals surface area (Å²) in [4.78, 5) is 33.0. The van der Waals surface area contributed by atoms with E-state index in [0.29, 0.717) is 17.9 Å². The Hall–Kier alpha value is -3.03. The molecular formula is C14H14N2O6. The van der Waals surface area contributed by atoms with Gasteiger partial charge in [0.25, 0.3) is 5.91 Å². The van der Waals surface area contributed by atoms with Gasteiger partial charge in [0.2, 0.25) is 0 Å². The number of rotatable bonds is 6. The second-order valence-electron chi connectivity index (χ2n) is 4.29. The Morgan fingerprint density at radius 2 is 2.00 bits per heavy atom. The fourth-order valence-electron chi connectivity index (χ4n) is 1.79. The van der Waals surface area contributed by atoms with Crippen molar-refractivity contribution < 1.29 is 29.0 Å². The molecular weight excluding hydrogens is 292 g/mol. The van der Waals surface area contributed by atoms with Gasteiger partial charge in [0.15, 0.2) is 18.1 Å². The number of carbonyl (C=O) groups is 3. The first kappa shape index (κ1) is 15.4. The summed E-state index contributed by atoms with van der Waals surface area (Å²) >= 11 is 0. The van der Waals surface area contributed by atoms with E-state index in [-0.39, 0.29) is 11.4 Å². The first-order valence-corrected chi connectivity index (χ1v) is 6.45. The fraction of sp³-hybridized carbons (Fsp3) is 0.214. The SMILES string of the molecule is CCOc1cc(C=C2NC(=O)NC2=O)ccc1OCC(=O)O. The molecule has 8 heteroatoms. The predicted molar refractivity (Wildman–Crippen MR) is 75.4 cm³/mol. The first-order chi connectivity index (χ1) is 10.5. The van der Waals surface area contributed by atoms with Crippen molar-refractivity contribution >= 4 is 24.0 Å². The average Bonchev–Trinajstić information content (AvgIpc) is 2.76. The molecule has 0 atom stereocenters. The molecule has 22 heavy (non-hydrogen) atoms. The summed E-state index contributed by atoms with van der Waals surface area (Å²) in [6.07, 6.45) is 1.48. The first-order valence-electron chi connectivity index (χ1n) is 6.45. The molecule has 1 aromatic carbocycles. The number of nitrogens with one attached hydrogen (secondary N) is 2. The number of hydrogen-bond acceptors (Lipinski definition) is 5. The number of imide groups is 1. The number of carboxylic acids is 1. The van der Waals surface area contributed by atoms with Crippen molar-refractivity contribution in [3.05, 3.63) is 29.5 Å². The van der Waals surface area contributed by atoms with Gasteiger partial charge in [-0.05, 0) is 30.7 Å². The number of carboxylic acid groups (broad SMARTS) is 1. The van der Waals surface area contributed by atoms with Crippen LogP contribution in [0.3, 0.4) is 0 Å². The number of hydrogen-bond donors (Lipinski definition) is 3. The predicted octanol–water partition coefficient (Wildman–Crippen LogP) is 0.729. The highest BCUT2D eigenvalue weighted by Gasteiger charge is 2.22. The van der Waals surface area contributed by atoms with E-state index >= 15 is 0 Å². The molecule has 3 amide bonds. The number of urea groups is 1. The van der Waals surface area contributed by atoms with Gasteiger partial charge in [0.1, 0.15) is 5.70 Å². The molecule has 3 N–H and O–H groups in total. The minimum Gasteiger partial charge on any atom is -0.490 e. The van der Waals surface area contributed by atoms with E-state index in [4.69, 9.17) is 14.6 Å². The molecule has 0 unspecified atom stereocenters. The smallest absolute Gasteiger partial charge is 0.341 e. The molecule has 1 aromatic rings. The Labute approximate surface area is 125 Å². The molecule has 1 saturated heterocycles. The van der Waals surface area contributed by atoms with Gasteiger partial charge in [0, 0.05) is 0 Å². The Kier molecular flexibility index (Phi) is 4.62. The normalized spacial score (nSPS) is 15.4. The van der Waals surface area contributed by atoms with E-state index < -0.39 is 24.5 Å². The molecule has 0 bridgehead atoms. The summed E-state index contributed by atoms with van der Waals surface area (Å²) in [5.41, 5.74) is 0.713. The van der Waals surface area contributed by atoms with Crippen LogP contribution in [-0.2, 0) is 9.59 Å². The monoisotopic (exact) mass is 306 g/mol. The maximum Gasteiger partial charge on any atom is 0.341 e. The van der Waals surface area contributed by atoms with Crippen LogP contribution in [0.1, 0.15) is 12.5 Å². The third-order valence-corrected chi connectivity index (χ3v) is 2.65. The largest absolute Gasteiger partial charge is 0.490 e. The van der Waals surface area contributed by atoms with Crippen LogP contribution in [0.4, 0.5) is 4.79 Å². The zero-order valence-corrected chi connectivity index (χ0v) is 11.7. The van der Waals surface area contributed by atoms with Crippen molar-refractivity contribution in [2.45, 2.75) is 6.92 Å². The Bertz CT molecular complexity index is 653. The van der Waals surface area contributed by atoms with E-state index in [0.717, 1.165) is 0 Å². The van der Waals surface area contributed by atoms with Gasteiger partial charge in [-0.3, -0.25) is 10.1 Å². The Morgan fingerprint density at radius 1 is 1.23 bits per heavy atom. The Morgan fingerprint density at radius 3 is 2.59 bits per heavy atom. The molecule has 1 aliphatic heterocycles. The van der Waals surface area contributed by atoms with E-state index in [1.54, 1.807) is 19.1 Å². The van der Waals surface area contributed by atoms with Gasteiger partial charge in [-0.1, -0.05) is 6.07 Å². The third-order valence-electron chi connectivity index (χ3n) is 2.65. The molecule has 0 aliphatic carbocycles. The molecule has 1 fully saturated rings. The molecule has 2 rings (SSSR count). The van der Waals surface area contributed by atoms with Gasteiger partial charge >= 0.3 is 12.0 Å². The minimum atomic E-state index is -1.10. The van der Waals surface area contributed by atoms with Gasteiger partial charge in [0.05, 0.1) is 6.61 Å². The van der Waals surface area contributed by atoms with Crippen LogP contribution in [0, 0.1) is 0 Å². The summed E-state index contributed by atoms with van der Waals surface area (Å²) < 4.78 is 10.5. The molecule has 8 nitrogen and oxygen atoms in total.